The van der Waals surface area contributed by atoms with Gasteiger partial charge in [0, 0.05) is 24.9 Å². The van der Waals surface area contributed by atoms with Gasteiger partial charge in [-0.05, 0) is 19.8 Å². The van der Waals surface area contributed by atoms with E-state index in [1.807, 2.05) is 0 Å². The Morgan fingerprint density at radius 1 is 1.28 bits per heavy atom. The molecule has 25 heavy (non-hydrogen) atoms. The number of hydrogen-bond donors (Lipinski definition) is 3. The maximum absolute atomic E-state index is 12.2. The van der Waals surface area contributed by atoms with Gasteiger partial charge in [-0.15, -0.1) is 0 Å². The van der Waals surface area contributed by atoms with Crippen LogP contribution in [0.5, 0.6) is 0 Å². The molecule has 1 aromatic rings. The van der Waals surface area contributed by atoms with Gasteiger partial charge in [0.05, 0.1) is 31.2 Å². The highest BCUT2D eigenvalue weighted by Crippen LogP contribution is 2.26. The van der Waals surface area contributed by atoms with E-state index in [4.69, 9.17) is 0 Å². The minimum Gasteiger partial charge on any atom is -0.469 e. The normalized spacial score (nSPS) is 22.3. The number of aromatic nitrogens is 2. The molecule has 1 aliphatic carbocycles. The second-order valence-corrected chi connectivity index (χ2v) is 5.95. The Labute approximate surface area is 145 Å². The number of ether oxygens (including phenoxy) is 1. The first-order valence-electron chi connectivity index (χ1n) is 8.02. The predicted octanol–water partition coefficient (Wildman–Crippen LogP) is -0.666. The SMILES string of the molecule is COC(=O)CCNC(=O)[C@@H]1C[C@@H](O)[C@H](NC(=O)c2cnc(C)nc2)C1. The van der Waals surface area contributed by atoms with Crippen LogP contribution in [-0.2, 0) is 14.3 Å². The van der Waals surface area contributed by atoms with Crippen molar-refractivity contribution >= 4 is 17.8 Å². The molecule has 0 saturated heterocycles. The summed E-state index contributed by atoms with van der Waals surface area (Å²) < 4.78 is 4.50. The van der Waals surface area contributed by atoms with Crippen molar-refractivity contribution in [2.75, 3.05) is 13.7 Å². The minimum atomic E-state index is -0.813. The van der Waals surface area contributed by atoms with Crippen LogP contribution < -0.4 is 10.6 Å². The highest BCUT2D eigenvalue weighted by Gasteiger charge is 2.37. The largest absolute Gasteiger partial charge is 0.469 e. The predicted molar refractivity (Wildman–Crippen MR) is 86.4 cm³/mol. The number of methoxy groups -OCH3 is 1. The quantitative estimate of drug-likeness (QED) is 0.580. The van der Waals surface area contributed by atoms with E-state index in [1.54, 1.807) is 6.92 Å². The molecule has 1 saturated carbocycles. The Balaban J connectivity index is 1.83. The summed E-state index contributed by atoms with van der Waals surface area (Å²) in [7, 11) is 1.28. The molecule has 2 amide bonds. The first-order valence-corrected chi connectivity index (χ1v) is 8.02. The molecule has 1 aliphatic rings. The number of aliphatic hydroxyl groups is 1. The minimum absolute atomic E-state index is 0.0884. The third kappa shape index (κ3) is 5.21. The van der Waals surface area contributed by atoms with Crippen molar-refractivity contribution in [1.82, 2.24) is 20.6 Å². The number of amides is 2. The molecule has 0 spiro atoms. The molecule has 1 aromatic heterocycles. The summed E-state index contributed by atoms with van der Waals surface area (Å²) in [4.78, 5) is 43.2. The smallest absolute Gasteiger partial charge is 0.307 e. The van der Waals surface area contributed by atoms with Crippen LogP contribution in [0, 0.1) is 12.8 Å². The molecule has 9 heteroatoms. The Morgan fingerprint density at radius 2 is 1.96 bits per heavy atom. The van der Waals surface area contributed by atoms with Crippen molar-refractivity contribution in [2.45, 2.75) is 38.3 Å². The molecule has 0 unspecified atom stereocenters. The average Bonchev–Trinajstić information content (AvgIpc) is 2.96. The lowest BCUT2D eigenvalue weighted by atomic mass is 10.1. The number of hydrogen-bond acceptors (Lipinski definition) is 7. The van der Waals surface area contributed by atoms with Gasteiger partial charge in [0.25, 0.3) is 5.91 Å². The van der Waals surface area contributed by atoms with Crippen LogP contribution in [0.1, 0.15) is 35.4 Å². The van der Waals surface area contributed by atoms with Crippen LogP contribution in [0.15, 0.2) is 12.4 Å². The van der Waals surface area contributed by atoms with E-state index in [-0.39, 0.29) is 25.3 Å². The van der Waals surface area contributed by atoms with Crippen molar-refractivity contribution in [3.63, 3.8) is 0 Å². The molecule has 1 fully saturated rings. The second-order valence-electron chi connectivity index (χ2n) is 5.95. The summed E-state index contributed by atoms with van der Waals surface area (Å²) in [6.07, 6.45) is 2.67. The maximum Gasteiger partial charge on any atom is 0.307 e. The lowest BCUT2D eigenvalue weighted by molar-refractivity contribution is -0.140. The fraction of sp³-hybridized carbons (Fsp3) is 0.562. The summed E-state index contributed by atoms with van der Waals surface area (Å²) >= 11 is 0. The molecule has 1 heterocycles. The third-order valence-corrected chi connectivity index (χ3v) is 4.12. The van der Waals surface area contributed by atoms with Crippen molar-refractivity contribution in [3.8, 4) is 0 Å². The Morgan fingerprint density at radius 3 is 2.60 bits per heavy atom. The molecule has 3 N–H and O–H groups in total. The zero-order valence-corrected chi connectivity index (χ0v) is 14.2. The van der Waals surface area contributed by atoms with Gasteiger partial charge >= 0.3 is 5.97 Å². The summed E-state index contributed by atoms with van der Waals surface area (Å²) in [5.74, 6) is -0.917. The number of nitrogens with one attached hydrogen (secondary N) is 2. The van der Waals surface area contributed by atoms with Crippen LogP contribution in [-0.4, -0.2) is 58.7 Å². The highest BCUT2D eigenvalue weighted by molar-refractivity contribution is 5.94. The van der Waals surface area contributed by atoms with Gasteiger partial charge in [0.2, 0.25) is 5.91 Å². The third-order valence-electron chi connectivity index (χ3n) is 4.12. The zero-order chi connectivity index (χ0) is 18.4. The number of aliphatic hydroxyl groups excluding tert-OH is 1. The van der Waals surface area contributed by atoms with Crippen molar-refractivity contribution in [2.24, 2.45) is 5.92 Å². The topological polar surface area (TPSA) is 131 Å². The number of nitrogens with zero attached hydrogens (tertiary/aromatic N) is 2. The van der Waals surface area contributed by atoms with Crippen LogP contribution in [0.4, 0.5) is 0 Å². The maximum atomic E-state index is 12.2. The van der Waals surface area contributed by atoms with E-state index in [0.717, 1.165) is 0 Å². The van der Waals surface area contributed by atoms with E-state index in [2.05, 4.69) is 25.3 Å². The van der Waals surface area contributed by atoms with E-state index in [9.17, 15) is 19.5 Å². The number of aryl methyl sites for hydroxylation is 1. The molecule has 0 aliphatic heterocycles. The molecular weight excluding hydrogens is 328 g/mol. The Hall–Kier alpha value is -2.55. The molecule has 3 atom stereocenters. The number of carbonyl (C=O) groups is 3. The summed E-state index contributed by atoms with van der Waals surface area (Å²) in [6.45, 7) is 1.89. The molecular formula is C16H22N4O5. The standard InChI is InChI=1S/C16H22N4O5/c1-9-18-7-11(8-19-9)16(24)20-12-5-10(6-13(12)21)15(23)17-4-3-14(22)25-2/h7-8,10,12-13,21H,3-6H2,1-2H3,(H,17,23)(H,20,24)/t10-,12+,13+/m0/s1. The van der Waals surface area contributed by atoms with E-state index in [0.29, 0.717) is 17.8 Å². The lowest BCUT2D eigenvalue weighted by Gasteiger charge is -2.16. The molecule has 9 nitrogen and oxygen atoms in total. The number of rotatable bonds is 6. The van der Waals surface area contributed by atoms with E-state index >= 15 is 0 Å². The van der Waals surface area contributed by atoms with Gasteiger partial charge in [0.1, 0.15) is 5.82 Å². The lowest BCUT2D eigenvalue weighted by Crippen LogP contribution is -2.40. The van der Waals surface area contributed by atoms with E-state index in [1.165, 1.54) is 19.5 Å². The first-order chi connectivity index (χ1) is 11.9. The first kappa shape index (κ1) is 18.8. The van der Waals surface area contributed by atoms with Crippen molar-refractivity contribution in [1.29, 1.82) is 0 Å². The van der Waals surface area contributed by atoms with E-state index < -0.39 is 29.9 Å². The Kier molecular flexibility index (Phi) is 6.40. The van der Waals surface area contributed by atoms with Crippen LogP contribution in [0.25, 0.3) is 0 Å². The van der Waals surface area contributed by atoms with Gasteiger partial charge in [-0.25, -0.2) is 9.97 Å². The van der Waals surface area contributed by atoms with Crippen LogP contribution in [0.2, 0.25) is 0 Å². The fourth-order valence-corrected chi connectivity index (χ4v) is 2.68. The monoisotopic (exact) mass is 350 g/mol. The second kappa shape index (κ2) is 8.52. The Bertz CT molecular complexity index is 634. The molecule has 0 bridgehead atoms. The van der Waals surface area contributed by atoms with Crippen molar-refractivity contribution < 1.29 is 24.2 Å². The summed E-state index contributed by atoms with van der Waals surface area (Å²) in [6, 6.07) is -0.523. The zero-order valence-electron chi connectivity index (χ0n) is 14.2. The van der Waals surface area contributed by atoms with Gasteiger partial charge in [-0.1, -0.05) is 0 Å². The molecule has 2 rings (SSSR count). The summed E-state index contributed by atoms with van der Waals surface area (Å²) in [5, 5.41) is 15.4. The van der Waals surface area contributed by atoms with Crippen LogP contribution in [0.3, 0.4) is 0 Å². The van der Waals surface area contributed by atoms with Gasteiger partial charge in [-0.3, -0.25) is 14.4 Å². The van der Waals surface area contributed by atoms with Gasteiger partial charge in [0.15, 0.2) is 0 Å². The average molecular weight is 350 g/mol. The van der Waals surface area contributed by atoms with Gasteiger partial charge < -0.3 is 20.5 Å². The number of esters is 1. The fourth-order valence-electron chi connectivity index (χ4n) is 2.68. The number of carbonyl (C=O) groups excluding carboxylic acids is 3. The summed E-state index contributed by atoms with van der Waals surface area (Å²) in [5.41, 5.74) is 0.295. The highest BCUT2D eigenvalue weighted by atomic mass is 16.5. The molecule has 0 radical (unpaired) electrons. The van der Waals surface area contributed by atoms with Crippen LogP contribution >= 0.6 is 0 Å². The molecule has 0 aromatic carbocycles. The molecule has 136 valence electrons. The van der Waals surface area contributed by atoms with Crippen molar-refractivity contribution in [3.05, 3.63) is 23.8 Å². The van der Waals surface area contributed by atoms with Gasteiger partial charge in [-0.2, -0.15) is 0 Å².